The lowest BCUT2D eigenvalue weighted by atomic mass is 9.80. The molecule has 2 rings (SSSR count). The molecule has 0 unspecified atom stereocenters. The van der Waals surface area contributed by atoms with Gasteiger partial charge < -0.3 is 5.11 Å². The molecule has 4 amide bonds. The second kappa shape index (κ2) is 7.02. The maximum absolute atomic E-state index is 12.4. The number of urea groups is 1. The lowest BCUT2D eigenvalue weighted by molar-refractivity contribution is -0.134. The molecule has 6 nitrogen and oxygen atoms in total. The van der Waals surface area contributed by atoms with Crippen LogP contribution in [0.1, 0.15) is 33.3 Å². The number of rotatable bonds is 4. The number of allylic oxidation sites excluding steroid dienone is 3. The van der Waals surface area contributed by atoms with Crippen LogP contribution in [-0.2, 0) is 15.0 Å². The molecule has 0 spiro atoms. The summed E-state index contributed by atoms with van der Waals surface area (Å²) in [6, 6.07) is 6.35. The zero-order valence-electron chi connectivity index (χ0n) is 16.6. The van der Waals surface area contributed by atoms with Gasteiger partial charge in [0.25, 0.3) is 11.8 Å². The van der Waals surface area contributed by atoms with E-state index in [1.165, 1.54) is 14.1 Å². The van der Waals surface area contributed by atoms with Gasteiger partial charge in [0.15, 0.2) is 0 Å². The van der Waals surface area contributed by atoms with Gasteiger partial charge in [-0.25, -0.2) is 4.79 Å². The molecule has 1 aromatic carbocycles. The SMILES string of the molecule is CN1C(=O)C(=CC(C)(C)C=CC(C)(C)c2ccc(O)cc2)C(=O)N(C)C1=O. The molecular weight excluding hydrogens is 344 g/mol. The predicted octanol–water partition coefficient (Wildman–Crippen LogP) is 3.23. The Morgan fingerprint density at radius 3 is 1.81 bits per heavy atom. The molecule has 1 saturated heterocycles. The molecule has 0 atom stereocenters. The molecule has 0 saturated carbocycles. The molecule has 0 aliphatic carbocycles. The number of hydrogen-bond acceptors (Lipinski definition) is 4. The van der Waals surface area contributed by atoms with Crippen molar-refractivity contribution in [1.29, 1.82) is 0 Å². The van der Waals surface area contributed by atoms with Gasteiger partial charge in [-0.1, -0.05) is 58.1 Å². The highest BCUT2D eigenvalue weighted by Crippen LogP contribution is 2.31. The Labute approximate surface area is 159 Å². The second-order valence-corrected chi connectivity index (χ2v) is 7.99. The Morgan fingerprint density at radius 2 is 1.33 bits per heavy atom. The molecule has 1 aliphatic rings. The van der Waals surface area contributed by atoms with E-state index in [1.807, 2.05) is 52.0 Å². The fourth-order valence-corrected chi connectivity index (χ4v) is 2.81. The molecule has 1 heterocycles. The lowest BCUT2D eigenvalue weighted by Gasteiger charge is -2.30. The number of hydrogen-bond donors (Lipinski definition) is 1. The van der Waals surface area contributed by atoms with Crippen molar-refractivity contribution in [3.8, 4) is 5.75 Å². The van der Waals surface area contributed by atoms with E-state index in [9.17, 15) is 19.5 Å². The Balaban J connectivity index is 2.32. The zero-order chi connectivity index (χ0) is 20.6. The predicted molar refractivity (Wildman–Crippen MR) is 103 cm³/mol. The van der Waals surface area contributed by atoms with Crippen molar-refractivity contribution in [2.45, 2.75) is 33.1 Å². The van der Waals surface area contributed by atoms with Crippen molar-refractivity contribution in [2.24, 2.45) is 5.41 Å². The van der Waals surface area contributed by atoms with Gasteiger partial charge >= 0.3 is 6.03 Å². The average Bonchev–Trinajstić information content (AvgIpc) is 2.61. The van der Waals surface area contributed by atoms with Gasteiger partial charge in [-0.05, 0) is 17.7 Å². The van der Waals surface area contributed by atoms with E-state index in [2.05, 4.69) is 0 Å². The van der Waals surface area contributed by atoms with Crippen LogP contribution >= 0.6 is 0 Å². The first kappa shape index (κ1) is 20.4. The Hall–Kier alpha value is -2.89. The summed E-state index contributed by atoms with van der Waals surface area (Å²) in [6.45, 7) is 7.85. The molecule has 0 radical (unpaired) electrons. The maximum atomic E-state index is 12.4. The zero-order valence-corrected chi connectivity index (χ0v) is 16.6. The van der Waals surface area contributed by atoms with E-state index in [0.717, 1.165) is 15.4 Å². The van der Waals surface area contributed by atoms with Gasteiger partial charge in [-0.3, -0.25) is 19.4 Å². The van der Waals surface area contributed by atoms with Gasteiger partial charge in [-0.15, -0.1) is 0 Å². The quantitative estimate of drug-likeness (QED) is 0.501. The topological polar surface area (TPSA) is 77.9 Å². The number of nitrogens with zero attached hydrogens (tertiary/aromatic N) is 2. The van der Waals surface area contributed by atoms with Gasteiger partial charge in [0.1, 0.15) is 11.3 Å². The van der Waals surface area contributed by atoms with Crippen LogP contribution in [0.3, 0.4) is 0 Å². The molecule has 0 bridgehead atoms. The summed E-state index contributed by atoms with van der Waals surface area (Å²) >= 11 is 0. The van der Waals surface area contributed by atoms with Crippen LogP contribution in [0.25, 0.3) is 0 Å². The van der Waals surface area contributed by atoms with E-state index in [4.69, 9.17) is 0 Å². The highest BCUT2D eigenvalue weighted by Gasteiger charge is 2.38. The monoisotopic (exact) mass is 370 g/mol. The summed E-state index contributed by atoms with van der Waals surface area (Å²) in [4.78, 5) is 38.5. The largest absolute Gasteiger partial charge is 0.508 e. The number of carbonyl (C=O) groups is 3. The molecule has 1 aromatic rings. The van der Waals surface area contributed by atoms with E-state index in [0.29, 0.717) is 0 Å². The summed E-state index contributed by atoms with van der Waals surface area (Å²) in [5, 5.41) is 9.45. The van der Waals surface area contributed by atoms with Crippen molar-refractivity contribution < 1.29 is 19.5 Å². The lowest BCUT2D eigenvalue weighted by Crippen LogP contribution is -2.53. The molecule has 1 N–H and O–H groups in total. The number of phenols is 1. The van der Waals surface area contributed by atoms with Crippen LogP contribution in [0.4, 0.5) is 4.79 Å². The van der Waals surface area contributed by atoms with Crippen LogP contribution in [0.15, 0.2) is 48.1 Å². The number of phenolic OH excluding ortho intramolecular Hbond substituents is 1. The minimum atomic E-state index is -0.635. The summed E-state index contributed by atoms with van der Waals surface area (Å²) in [5.74, 6) is -0.981. The Kier molecular flexibility index (Phi) is 5.31. The van der Waals surface area contributed by atoms with E-state index < -0.39 is 23.3 Å². The minimum absolute atomic E-state index is 0.0170. The van der Waals surface area contributed by atoms with Gasteiger partial charge in [-0.2, -0.15) is 0 Å². The van der Waals surface area contributed by atoms with Crippen molar-refractivity contribution in [2.75, 3.05) is 14.1 Å². The van der Waals surface area contributed by atoms with Crippen molar-refractivity contribution >= 4 is 17.8 Å². The van der Waals surface area contributed by atoms with E-state index in [-0.39, 0.29) is 16.7 Å². The van der Waals surface area contributed by atoms with Crippen molar-refractivity contribution in [1.82, 2.24) is 9.80 Å². The molecule has 0 aromatic heterocycles. The molecular formula is C21H26N2O4. The number of imide groups is 2. The summed E-state index contributed by atoms with van der Waals surface area (Å²) in [7, 11) is 2.72. The molecule has 1 fully saturated rings. The Bertz CT molecular complexity index is 806. The third-order valence-corrected chi connectivity index (χ3v) is 4.70. The molecule has 144 valence electrons. The summed E-state index contributed by atoms with van der Waals surface area (Å²) < 4.78 is 0. The fraction of sp³-hybridized carbons (Fsp3) is 0.381. The number of carbonyl (C=O) groups excluding carboxylic acids is 3. The van der Waals surface area contributed by atoms with Crippen LogP contribution in [0, 0.1) is 5.41 Å². The van der Waals surface area contributed by atoms with Crippen molar-refractivity contribution in [3.05, 3.63) is 53.6 Å². The standard InChI is InChI=1S/C21H26N2O4/c1-20(2,11-12-21(3,4)14-7-9-15(24)10-8-14)13-16-17(25)22(5)19(27)23(6)18(16)26/h7-13,24H,1-6H3. The third kappa shape index (κ3) is 4.27. The smallest absolute Gasteiger partial charge is 0.333 e. The minimum Gasteiger partial charge on any atom is -0.508 e. The van der Waals surface area contributed by atoms with Crippen LogP contribution < -0.4 is 0 Å². The number of amides is 4. The van der Waals surface area contributed by atoms with Crippen LogP contribution in [0.5, 0.6) is 5.75 Å². The number of barbiturate groups is 1. The fourth-order valence-electron chi connectivity index (χ4n) is 2.81. The first-order valence-corrected chi connectivity index (χ1v) is 8.68. The van der Waals surface area contributed by atoms with E-state index in [1.54, 1.807) is 18.2 Å². The third-order valence-electron chi connectivity index (χ3n) is 4.70. The first-order valence-electron chi connectivity index (χ1n) is 8.68. The highest BCUT2D eigenvalue weighted by molar-refractivity contribution is 6.28. The normalized spacial score (nSPS) is 16.5. The Morgan fingerprint density at radius 1 is 0.852 bits per heavy atom. The maximum Gasteiger partial charge on any atom is 0.333 e. The average molecular weight is 370 g/mol. The number of aromatic hydroxyl groups is 1. The van der Waals surface area contributed by atoms with Gasteiger partial charge in [0, 0.05) is 24.9 Å². The summed E-state index contributed by atoms with van der Waals surface area (Å²) in [6.07, 6.45) is 5.54. The number of likely N-dealkylation sites (N-methyl/N-ethyl adjacent to an activating group) is 2. The van der Waals surface area contributed by atoms with Gasteiger partial charge in [0.2, 0.25) is 0 Å². The summed E-state index contributed by atoms with van der Waals surface area (Å²) in [5.41, 5.74) is 0.108. The molecule has 27 heavy (non-hydrogen) atoms. The van der Waals surface area contributed by atoms with E-state index >= 15 is 0 Å². The first-order chi connectivity index (χ1) is 12.4. The number of benzene rings is 1. The van der Waals surface area contributed by atoms with Crippen molar-refractivity contribution in [3.63, 3.8) is 0 Å². The molecule has 1 aliphatic heterocycles. The van der Waals surface area contributed by atoms with Crippen LogP contribution in [0.2, 0.25) is 0 Å². The van der Waals surface area contributed by atoms with Gasteiger partial charge in [0.05, 0.1) is 0 Å². The van der Waals surface area contributed by atoms with Crippen LogP contribution in [-0.4, -0.2) is 46.8 Å². The molecule has 6 heteroatoms. The second-order valence-electron chi connectivity index (χ2n) is 7.99. The highest BCUT2D eigenvalue weighted by atomic mass is 16.3.